The topological polar surface area (TPSA) is 61.2 Å². The average Bonchev–Trinajstić information content (AvgIpc) is 2.56. The Kier molecular flexibility index (Phi) is 7.72. The zero-order valence-electron chi connectivity index (χ0n) is 9.54. The molecule has 8 heteroatoms. The Balaban J connectivity index is 0. The summed E-state index contributed by atoms with van der Waals surface area (Å²) in [6.45, 7) is 0. The molecule has 1 aromatic heterocycles. The zero-order chi connectivity index (χ0) is 10.4. The number of hydrogen-bond acceptors (Lipinski definition) is 5. The number of hydrogen-bond donors (Lipinski definition) is 1. The number of rotatable bonds is 6. The minimum atomic E-state index is -3.49. The van der Waals surface area contributed by atoms with Crippen molar-refractivity contribution in [1.82, 2.24) is 9.71 Å². The predicted octanol–water partition coefficient (Wildman–Crippen LogP) is -2.53. The zero-order valence-corrected chi connectivity index (χ0v) is 12.2. The van der Waals surface area contributed by atoms with Crippen LogP contribution in [0.3, 0.4) is 0 Å². The summed E-state index contributed by atoms with van der Waals surface area (Å²) in [5.41, 5.74) is 0. The van der Waals surface area contributed by atoms with Gasteiger partial charge in [-0.25, -0.2) is 4.98 Å². The molecule has 5 nitrogen and oxygen atoms in total. The summed E-state index contributed by atoms with van der Waals surface area (Å²) in [4.78, 5) is 3.66. The summed E-state index contributed by atoms with van der Waals surface area (Å²) in [6, 6.07) is 0. The van der Waals surface area contributed by atoms with Gasteiger partial charge in [0.2, 0.25) is 0 Å². The Labute approximate surface area is 118 Å². The van der Waals surface area contributed by atoms with Crippen LogP contribution in [0, 0.1) is 0 Å². The molecule has 15 heavy (non-hydrogen) atoms. The van der Waals surface area contributed by atoms with E-state index in [4.69, 9.17) is 0 Å². The van der Waals surface area contributed by atoms with Crippen molar-refractivity contribution in [3.05, 3.63) is 18.7 Å². The van der Waals surface area contributed by atoms with E-state index in [1.54, 1.807) is 0 Å². The van der Waals surface area contributed by atoms with Gasteiger partial charge in [0.25, 0.3) is 0 Å². The fourth-order valence-corrected chi connectivity index (χ4v) is 2.06. The van der Waals surface area contributed by atoms with Crippen LogP contribution in [0.4, 0.5) is 0 Å². The third-order valence-electron chi connectivity index (χ3n) is 1.48. The third-order valence-corrected chi connectivity index (χ3v) is 2.99. The first-order chi connectivity index (χ1) is 6.64. The molecule has 0 aromatic carbocycles. The van der Waals surface area contributed by atoms with E-state index in [9.17, 15) is 8.42 Å². The van der Waals surface area contributed by atoms with Crippen molar-refractivity contribution in [2.75, 3.05) is 11.5 Å². The Morgan fingerprint density at radius 3 is 2.73 bits per heavy atom. The Morgan fingerprint density at radius 1 is 1.47 bits per heavy atom. The Hall–Kier alpha value is 0.310. The normalized spacial score (nSPS) is 10.7. The van der Waals surface area contributed by atoms with Crippen LogP contribution in [0.25, 0.3) is 0 Å². The van der Waals surface area contributed by atoms with Crippen molar-refractivity contribution in [3.63, 3.8) is 0 Å². The van der Waals surface area contributed by atoms with Gasteiger partial charge < -0.3 is 1.43 Å². The summed E-state index contributed by atoms with van der Waals surface area (Å²) in [7, 11) is -3.49. The van der Waals surface area contributed by atoms with Crippen molar-refractivity contribution in [2.45, 2.75) is 12.8 Å². The Morgan fingerprint density at radius 2 is 2.20 bits per heavy atom. The van der Waals surface area contributed by atoms with E-state index in [1.807, 2.05) is 0 Å². The molecular formula is C7H13N2NaO3S2. The fourth-order valence-electron chi connectivity index (χ4n) is 0.850. The van der Waals surface area contributed by atoms with Crippen LogP contribution in [0.5, 0.6) is 0 Å². The molecule has 0 unspecified atom stereocenters. The second-order valence-corrected chi connectivity index (χ2v) is 4.81. The average molecular weight is 260 g/mol. The van der Waals surface area contributed by atoms with Crippen LogP contribution >= 0.6 is 12.6 Å². The minimum absolute atomic E-state index is 0. The van der Waals surface area contributed by atoms with Gasteiger partial charge in [-0.3, -0.25) is 4.28 Å². The molecule has 0 atom stereocenters. The summed E-state index contributed by atoms with van der Waals surface area (Å²) in [5, 5.41) is 0. The SMILES string of the molecule is O=S(=O)(CCCCS)On1ccnc1.[H-].[Na+]. The molecule has 0 N–H and O–H groups in total. The van der Waals surface area contributed by atoms with Gasteiger partial charge in [-0.15, -0.1) is 0 Å². The first-order valence-electron chi connectivity index (χ1n) is 4.15. The molecule has 0 aliphatic heterocycles. The number of nitrogens with zero attached hydrogens (tertiary/aromatic N) is 2. The van der Waals surface area contributed by atoms with E-state index in [-0.39, 0.29) is 36.7 Å². The first kappa shape index (κ1) is 15.3. The monoisotopic (exact) mass is 260 g/mol. The van der Waals surface area contributed by atoms with E-state index in [0.717, 1.165) is 11.2 Å². The van der Waals surface area contributed by atoms with Crippen LogP contribution in [0.2, 0.25) is 0 Å². The van der Waals surface area contributed by atoms with E-state index in [0.29, 0.717) is 12.2 Å². The smallest absolute Gasteiger partial charge is 1.00 e. The number of unbranched alkanes of at least 4 members (excludes halogenated alkanes) is 1. The molecule has 0 bridgehead atoms. The van der Waals surface area contributed by atoms with Crippen molar-refractivity contribution in [2.24, 2.45) is 0 Å². The Bertz CT molecular complexity index is 358. The van der Waals surface area contributed by atoms with Gasteiger partial charge in [-0.1, -0.05) is 0 Å². The van der Waals surface area contributed by atoms with Crippen molar-refractivity contribution < 1.29 is 43.7 Å². The van der Waals surface area contributed by atoms with Gasteiger partial charge in [0.05, 0.1) is 11.9 Å². The molecule has 0 amide bonds. The molecule has 0 saturated heterocycles. The minimum Gasteiger partial charge on any atom is -1.00 e. The van der Waals surface area contributed by atoms with Gasteiger partial charge in [0.15, 0.2) is 0 Å². The number of aromatic nitrogens is 2. The fraction of sp³-hybridized carbons (Fsp3) is 0.571. The van der Waals surface area contributed by atoms with E-state index >= 15 is 0 Å². The molecule has 82 valence electrons. The van der Waals surface area contributed by atoms with Crippen molar-refractivity contribution in [3.8, 4) is 0 Å². The van der Waals surface area contributed by atoms with E-state index < -0.39 is 10.1 Å². The maximum atomic E-state index is 11.3. The number of thiol groups is 1. The molecule has 0 aliphatic rings. The molecular weight excluding hydrogens is 247 g/mol. The summed E-state index contributed by atoms with van der Waals surface area (Å²) in [5.74, 6) is 0.687. The van der Waals surface area contributed by atoms with Crippen LogP contribution < -0.4 is 33.8 Å². The predicted molar refractivity (Wildman–Crippen MR) is 56.8 cm³/mol. The molecule has 1 heterocycles. The van der Waals surface area contributed by atoms with Gasteiger partial charge in [-0.2, -0.15) is 25.8 Å². The maximum absolute atomic E-state index is 11.3. The van der Waals surface area contributed by atoms with Gasteiger partial charge in [-0.05, 0) is 18.6 Å². The first-order valence-corrected chi connectivity index (χ1v) is 6.36. The van der Waals surface area contributed by atoms with Gasteiger partial charge in [0.1, 0.15) is 6.33 Å². The molecule has 0 radical (unpaired) electrons. The van der Waals surface area contributed by atoms with E-state index in [1.165, 1.54) is 18.7 Å². The molecule has 0 saturated carbocycles. The van der Waals surface area contributed by atoms with Crippen molar-refractivity contribution >= 4 is 22.7 Å². The quantitative estimate of drug-likeness (QED) is 0.348. The largest absolute Gasteiger partial charge is 1.00 e. The molecule has 0 fully saturated rings. The molecule has 0 aliphatic carbocycles. The second kappa shape index (κ2) is 7.56. The molecule has 0 spiro atoms. The van der Waals surface area contributed by atoms with Gasteiger partial charge >= 0.3 is 39.7 Å². The van der Waals surface area contributed by atoms with Crippen LogP contribution in [-0.2, 0) is 10.1 Å². The summed E-state index contributed by atoms with van der Waals surface area (Å²) < 4.78 is 28.3. The summed E-state index contributed by atoms with van der Waals surface area (Å²) >= 11 is 3.99. The third kappa shape index (κ3) is 6.47. The maximum Gasteiger partial charge on any atom is 1.00 e. The number of imidazole rings is 1. The van der Waals surface area contributed by atoms with Crippen LogP contribution in [-0.4, -0.2) is 29.6 Å². The molecule has 1 rings (SSSR count). The van der Waals surface area contributed by atoms with Crippen LogP contribution in [0.1, 0.15) is 14.3 Å². The molecule has 1 aromatic rings. The van der Waals surface area contributed by atoms with Crippen molar-refractivity contribution in [1.29, 1.82) is 0 Å². The van der Waals surface area contributed by atoms with E-state index in [2.05, 4.69) is 21.9 Å². The van der Waals surface area contributed by atoms with Gasteiger partial charge in [0, 0.05) is 6.20 Å². The standard InChI is InChI=1S/C7H12N2O3S2.Na.H/c10-14(11,6-2-1-5-13)12-9-4-3-8-7-9;;/h3-4,7,13H,1-2,5-6H2;;/q;+1;-1. The summed E-state index contributed by atoms with van der Waals surface area (Å²) in [6.07, 6.45) is 5.48. The van der Waals surface area contributed by atoms with Crippen LogP contribution in [0.15, 0.2) is 18.7 Å². The second-order valence-electron chi connectivity index (χ2n) is 2.69.